The minimum absolute atomic E-state index is 0.128. The summed E-state index contributed by atoms with van der Waals surface area (Å²) in [6.45, 7) is 1.81. The molecule has 1 amide bonds. The van der Waals surface area contributed by atoms with Crippen LogP contribution in [0.1, 0.15) is 21.5 Å². The highest BCUT2D eigenvalue weighted by molar-refractivity contribution is 8.18. The SMILES string of the molecule is Cc1ccc(C(=O)O)cc1N=C1NC(=O)C(=Cc2c(Cl)cccc2Cl)S1. The lowest BCUT2D eigenvalue weighted by Crippen LogP contribution is -2.19. The van der Waals surface area contributed by atoms with Gasteiger partial charge < -0.3 is 10.4 Å². The van der Waals surface area contributed by atoms with Crippen molar-refractivity contribution < 1.29 is 14.7 Å². The first-order chi connectivity index (χ1) is 12.3. The van der Waals surface area contributed by atoms with Crippen molar-refractivity contribution in [2.75, 3.05) is 0 Å². The first-order valence-corrected chi connectivity index (χ1v) is 9.00. The largest absolute Gasteiger partial charge is 0.478 e. The van der Waals surface area contributed by atoms with Crippen LogP contribution in [0.3, 0.4) is 0 Å². The molecular formula is C18H12Cl2N2O3S. The Morgan fingerprint density at radius 2 is 1.92 bits per heavy atom. The van der Waals surface area contributed by atoms with Gasteiger partial charge in [0.05, 0.1) is 16.2 Å². The summed E-state index contributed by atoms with van der Waals surface area (Å²) in [7, 11) is 0. The maximum absolute atomic E-state index is 12.2. The molecule has 132 valence electrons. The van der Waals surface area contributed by atoms with Crippen LogP contribution in [-0.2, 0) is 4.79 Å². The van der Waals surface area contributed by atoms with Gasteiger partial charge in [-0.25, -0.2) is 9.79 Å². The lowest BCUT2D eigenvalue weighted by Gasteiger charge is -2.03. The van der Waals surface area contributed by atoms with Crippen LogP contribution in [0.5, 0.6) is 0 Å². The van der Waals surface area contributed by atoms with Crippen LogP contribution in [0.4, 0.5) is 5.69 Å². The molecule has 0 bridgehead atoms. The smallest absolute Gasteiger partial charge is 0.335 e. The highest BCUT2D eigenvalue weighted by Gasteiger charge is 2.24. The molecule has 0 saturated carbocycles. The second-order valence-electron chi connectivity index (χ2n) is 5.42. The minimum Gasteiger partial charge on any atom is -0.478 e. The molecule has 2 aromatic carbocycles. The third-order valence-corrected chi connectivity index (χ3v) is 5.17. The number of amidine groups is 1. The molecule has 1 saturated heterocycles. The zero-order valence-corrected chi connectivity index (χ0v) is 15.7. The quantitative estimate of drug-likeness (QED) is 0.710. The molecule has 1 aliphatic heterocycles. The van der Waals surface area contributed by atoms with E-state index in [1.54, 1.807) is 30.3 Å². The van der Waals surface area contributed by atoms with Gasteiger partial charge >= 0.3 is 5.97 Å². The van der Waals surface area contributed by atoms with Crippen molar-refractivity contribution >= 4 is 63.8 Å². The Morgan fingerprint density at radius 1 is 1.23 bits per heavy atom. The van der Waals surface area contributed by atoms with Crippen molar-refractivity contribution in [3.63, 3.8) is 0 Å². The summed E-state index contributed by atoms with van der Waals surface area (Å²) >= 11 is 13.4. The molecule has 5 nitrogen and oxygen atoms in total. The van der Waals surface area contributed by atoms with Crippen molar-refractivity contribution in [1.29, 1.82) is 0 Å². The maximum atomic E-state index is 12.2. The molecule has 1 fully saturated rings. The predicted octanol–water partition coefficient (Wildman–Crippen LogP) is 4.89. The van der Waals surface area contributed by atoms with E-state index in [4.69, 9.17) is 28.3 Å². The van der Waals surface area contributed by atoms with Crippen LogP contribution in [0.25, 0.3) is 6.08 Å². The lowest BCUT2D eigenvalue weighted by atomic mass is 10.1. The van der Waals surface area contributed by atoms with Gasteiger partial charge in [-0.3, -0.25) is 4.79 Å². The number of aliphatic imine (C=N–C) groups is 1. The number of rotatable bonds is 3. The first-order valence-electron chi connectivity index (χ1n) is 7.42. The molecule has 0 radical (unpaired) electrons. The number of aromatic carboxylic acids is 1. The van der Waals surface area contributed by atoms with E-state index in [0.29, 0.717) is 31.4 Å². The molecule has 0 aliphatic carbocycles. The van der Waals surface area contributed by atoms with Gasteiger partial charge in [0.25, 0.3) is 5.91 Å². The van der Waals surface area contributed by atoms with E-state index in [1.165, 1.54) is 12.1 Å². The van der Waals surface area contributed by atoms with Gasteiger partial charge in [-0.2, -0.15) is 0 Å². The zero-order chi connectivity index (χ0) is 18.8. The minimum atomic E-state index is -1.04. The molecule has 1 heterocycles. The number of aryl methyl sites for hydroxylation is 1. The summed E-state index contributed by atoms with van der Waals surface area (Å²) in [6, 6.07) is 9.74. The van der Waals surface area contributed by atoms with Crippen molar-refractivity contribution in [2.45, 2.75) is 6.92 Å². The number of carbonyl (C=O) groups is 2. The molecule has 1 aliphatic rings. The predicted molar refractivity (Wildman–Crippen MR) is 105 cm³/mol. The number of carbonyl (C=O) groups excluding carboxylic acids is 1. The van der Waals surface area contributed by atoms with Crippen molar-refractivity contribution in [3.8, 4) is 0 Å². The number of hydrogen-bond donors (Lipinski definition) is 2. The number of halogens is 2. The van der Waals surface area contributed by atoms with Gasteiger partial charge in [0.1, 0.15) is 0 Å². The zero-order valence-electron chi connectivity index (χ0n) is 13.4. The van der Waals surface area contributed by atoms with E-state index in [0.717, 1.165) is 17.3 Å². The fourth-order valence-corrected chi connectivity index (χ4v) is 3.56. The summed E-state index contributed by atoms with van der Waals surface area (Å²) < 4.78 is 0. The van der Waals surface area contributed by atoms with E-state index >= 15 is 0 Å². The van der Waals surface area contributed by atoms with Crippen LogP contribution < -0.4 is 5.32 Å². The third kappa shape index (κ3) is 3.93. The van der Waals surface area contributed by atoms with Gasteiger partial charge in [-0.1, -0.05) is 35.3 Å². The Hall–Kier alpha value is -2.28. The molecule has 0 atom stereocenters. The van der Waals surface area contributed by atoms with Crippen LogP contribution in [0.15, 0.2) is 46.3 Å². The van der Waals surface area contributed by atoms with E-state index in [1.807, 2.05) is 6.92 Å². The molecule has 0 unspecified atom stereocenters. The summed E-state index contributed by atoms with van der Waals surface area (Å²) in [5, 5.41) is 13.0. The molecule has 0 spiro atoms. The number of amides is 1. The molecule has 2 aromatic rings. The molecule has 2 N–H and O–H groups in total. The number of hydrogen-bond acceptors (Lipinski definition) is 4. The lowest BCUT2D eigenvalue weighted by molar-refractivity contribution is -0.115. The fourth-order valence-electron chi connectivity index (χ4n) is 2.23. The van der Waals surface area contributed by atoms with E-state index < -0.39 is 5.97 Å². The van der Waals surface area contributed by atoms with Crippen molar-refractivity contribution in [1.82, 2.24) is 5.32 Å². The number of carboxylic acids is 1. The topological polar surface area (TPSA) is 78.8 Å². The summed E-state index contributed by atoms with van der Waals surface area (Å²) in [5.74, 6) is -1.36. The highest BCUT2D eigenvalue weighted by Crippen LogP contribution is 2.33. The molecule has 26 heavy (non-hydrogen) atoms. The monoisotopic (exact) mass is 406 g/mol. The van der Waals surface area contributed by atoms with Gasteiger partial charge in [0.15, 0.2) is 5.17 Å². The summed E-state index contributed by atoms with van der Waals surface area (Å²) in [4.78, 5) is 28.1. The second kappa shape index (κ2) is 7.53. The summed E-state index contributed by atoms with van der Waals surface area (Å²) in [5.41, 5.74) is 1.95. The number of nitrogens with zero attached hydrogens (tertiary/aromatic N) is 1. The van der Waals surface area contributed by atoms with Crippen LogP contribution in [0, 0.1) is 6.92 Å². The van der Waals surface area contributed by atoms with E-state index in [9.17, 15) is 9.59 Å². The van der Waals surface area contributed by atoms with E-state index in [-0.39, 0.29) is 11.5 Å². The van der Waals surface area contributed by atoms with E-state index in [2.05, 4.69) is 10.3 Å². The van der Waals surface area contributed by atoms with Crippen molar-refractivity contribution in [3.05, 3.63) is 68.0 Å². The standard InChI is InChI=1S/C18H12Cl2N2O3S/c1-9-5-6-10(17(24)25)7-14(9)21-18-22-16(23)15(26-18)8-11-12(19)3-2-4-13(11)20/h2-8H,1H3,(H,24,25)(H,21,22,23). The average molecular weight is 407 g/mol. The fraction of sp³-hybridized carbons (Fsp3) is 0.0556. The third-order valence-electron chi connectivity index (χ3n) is 3.60. The second-order valence-corrected chi connectivity index (χ2v) is 7.27. The Morgan fingerprint density at radius 3 is 2.58 bits per heavy atom. The molecule has 8 heteroatoms. The molecule has 0 aromatic heterocycles. The average Bonchev–Trinajstić information content (AvgIpc) is 2.92. The van der Waals surface area contributed by atoms with Crippen LogP contribution >= 0.6 is 35.0 Å². The summed E-state index contributed by atoms with van der Waals surface area (Å²) in [6.07, 6.45) is 1.60. The van der Waals surface area contributed by atoms with Crippen LogP contribution in [0.2, 0.25) is 10.0 Å². The Labute approximate surface area is 163 Å². The number of benzene rings is 2. The normalized spacial score (nSPS) is 17.0. The van der Waals surface area contributed by atoms with Gasteiger partial charge in [-0.05, 0) is 54.6 Å². The number of carboxylic acid groups (broad SMARTS) is 1. The first kappa shape index (κ1) is 18.5. The Kier molecular flexibility index (Phi) is 5.36. The Bertz CT molecular complexity index is 966. The molecule has 3 rings (SSSR count). The highest BCUT2D eigenvalue weighted by atomic mass is 35.5. The molecular weight excluding hydrogens is 395 g/mol. The Balaban J connectivity index is 1.93. The van der Waals surface area contributed by atoms with Crippen molar-refractivity contribution in [2.24, 2.45) is 4.99 Å². The van der Waals surface area contributed by atoms with Crippen LogP contribution in [-0.4, -0.2) is 22.2 Å². The maximum Gasteiger partial charge on any atom is 0.335 e. The number of thioether (sulfide) groups is 1. The number of nitrogens with one attached hydrogen (secondary N) is 1. The van der Waals surface area contributed by atoms with Gasteiger partial charge in [0, 0.05) is 15.6 Å². The van der Waals surface area contributed by atoms with Gasteiger partial charge in [0.2, 0.25) is 0 Å². The van der Waals surface area contributed by atoms with Gasteiger partial charge in [-0.15, -0.1) is 0 Å².